The molecule has 0 aliphatic heterocycles. The predicted octanol–water partition coefficient (Wildman–Crippen LogP) is 3.42. The summed E-state index contributed by atoms with van der Waals surface area (Å²) in [6, 6.07) is 12.9. The van der Waals surface area contributed by atoms with Crippen molar-refractivity contribution in [3.05, 3.63) is 66.0 Å². The smallest absolute Gasteiger partial charge is 0.331 e. The molecule has 0 aliphatic rings. The first-order chi connectivity index (χ1) is 12.0. The van der Waals surface area contributed by atoms with E-state index >= 15 is 0 Å². The summed E-state index contributed by atoms with van der Waals surface area (Å²) < 4.78 is 23.7. The Hall–Kier alpha value is -3.15. The summed E-state index contributed by atoms with van der Waals surface area (Å²) in [5, 5.41) is 2.37. The number of carbonyl (C=O) groups is 2. The lowest BCUT2D eigenvalue weighted by Crippen LogP contribution is -2.29. The first-order valence-electron chi connectivity index (χ1n) is 7.58. The molecule has 0 fully saturated rings. The average molecular weight is 343 g/mol. The standard InChI is InChI=1S/C19H18FNO4/c1-13(19(23)21-16-9-5-4-8-15(16)20)25-18(22)12-11-14-7-3-6-10-17(14)24-2/h3-13H,1-2H3,(H,21,23)/b12-11+/t13-/m1/s1. The van der Waals surface area contributed by atoms with Crippen molar-refractivity contribution in [2.45, 2.75) is 13.0 Å². The second-order valence-electron chi connectivity index (χ2n) is 5.12. The molecule has 0 saturated carbocycles. The van der Waals surface area contributed by atoms with Gasteiger partial charge in [-0.15, -0.1) is 0 Å². The van der Waals surface area contributed by atoms with Gasteiger partial charge in [0, 0.05) is 11.6 Å². The zero-order chi connectivity index (χ0) is 18.2. The van der Waals surface area contributed by atoms with Crippen LogP contribution in [0.4, 0.5) is 10.1 Å². The fraction of sp³-hybridized carbons (Fsp3) is 0.158. The molecule has 2 aromatic rings. The van der Waals surface area contributed by atoms with Gasteiger partial charge in [0.15, 0.2) is 6.10 Å². The second kappa shape index (κ2) is 8.63. The highest BCUT2D eigenvalue weighted by Crippen LogP contribution is 2.18. The van der Waals surface area contributed by atoms with Gasteiger partial charge in [-0.3, -0.25) is 4.79 Å². The van der Waals surface area contributed by atoms with Crippen molar-refractivity contribution in [2.24, 2.45) is 0 Å². The first-order valence-corrected chi connectivity index (χ1v) is 7.58. The Morgan fingerprint density at radius 1 is 1.12 bits per heavy atom. The highest BCUT2D eigenvalue weighted by molar-refractivity contribution is 5.96. The van der Waals surface area contributed by atoms with Crippen LogP contribution in [0.1, 0.15) is 12.5 Å². The third-order valence-electron chi connectivity index (χ3n) is 3.33. The van der Waals surface area contributed by atoms with Crippen molar-refractivity contribution < 1.29 is 23.5 Å². The van der Waals surface area contributed by atoms with Gasteiger partial charge in [-0.25, -0.2) is 9.18 Å². The van der Waals surface area contributed by atoms with Gasteiger partial charge in [0.25, 0.3) is 5.91 Å². The van der Waals surface area contributed by atoms with Crippen LogP contribution in [0.2, 0.25) is 0 Å². The molecule has 6 heteroatoms. The number of carbonyl (C=O) groups excluding carboxylic acids is 2. The summed E-state index contributed by atoms with van der Waals surface area (Å²) >= 11 is 0. The number of hydrogen-bond acceptors (Lipinski definition) is 4. The van der Waals surface area contributed by atoms with Crippen LogP contribution in [0.15, 0.2) is 54.6 Å². The summed E-state index contributed by atoms with van der Waals surface area (Å²) in [7, 11) is 1.53. The van der Waals surface area contributed by atoms with Crippen LogP contribution in [0.3, 0.4) is 0 Å². The number of benzene rings is 2. The topological polar surface area (TPSA) is 64.6 Å². The Labute approximate surface area is 145 Å². The molecule has 0 radical (unpaired) electrons. The fourth-order valence-corrected chi connectivity index (χ4v) is 2.03. The summed E-state index contributed by atoms with van der Waals surface area (Å²) in [6.45, 7) is 1.41. The number of methoxy groups -OCH3 is 1. The highest BCUT2D eigenvalue weighted by atomic mass is 19.1. The van der Waals surface area contributed by atoms with Crippen LogP contribution in [0.5, 0.6) is 5.75 Å². The van der Waals surface area contributed by atoms with Gasteiger partial charge in [0.1, 0.15) is 11.6 Å². The van der Waals surface area contributed by atoms with E-state index in [1.54, 1.807) is 24.3 Å². The molecule has 130 valence electrons. The number of ether oxygens (including phenoxy) is 2. The van der Waals surface area contributed by atoms with Gasteiger partial charge in [-0.2, -0.15) is 0 Å². The van der Waals surface area contributed by atoms with Crippen molar-refractivity contribution in [1.82, 2.24) is 0 Å². The molecule has 0 heterocycles. The maximum atomic E-state index is 13.5. The van der Waals surface area contributed by atoms with Crippen LogP contribution < -0.4 is 10.1 Å². The van der Waals surface area contributed by atoms with Gasteiger partial charge in [0.2, 0.25) is 0 Å². The van der Waals surface area contributed by atoms with Crippen molar-refractivity contribution in [1.29, 1.82) is 0 Å². The summed E-state index contributed by atoms with van der Waals surface area (Å²) in [5.74, 6) is -1.27. The summed E-state index contributed by atoms with van der Waals surface area (Å²) in [5.41, 5.74) is 0.727. The first kappa shape index (κ1) is 18.2. The van der Waals surface area contributed by atoms with Gasteiger partial charge >= 0.3 is 5.97 Å². The van der Waals surface area contributed by atoms with E-state index in [9.17, 15) is 14.0 Å². The quantitative estimate of drug-likeness (QED) is 0.645. The number of nitrogens with one attached hydrogen (secondary N) is 1. The molecule has 0 saturated heterocycles. The molecule has 2 rings (SSSR count). The van der Waals surface area contributed by atoms with Gasteiger partial charge in [-0.05, 0) is 31.2 Å². The van der Waals surface area contributed by atoms with Gasteiger partial charge in [-0.1, -0.05) is 30.3 Å². The number of rotatable bonds is 6. The Morgan fingerprint density at radius 2 is 1.80 bits per heavy atom. The minimum absolute atomic E-state index is 0.0277. The lowest BCUT2D eigenvalue weighted by atomic mass is 10.2. The maximum absolute atomic E-state index is 13.5. The van der Waals surface area contributed by atoms with Crippen LogP contribution in [-0.2, 0) is 14.3 Å². The molecule has 0 aliphatic carbocycles. The molecule has 1 N–H and O–H groups in total. The zero-order valence-electron chi connectivity index (χ0n) is 13.9. The molecular weight excluding hydrogens is 325 g/mol. The van der Waals surface area contributed by atoms with E-state index < -0.39 is 23.8 Å². The zero-order valence-corrected chi connectivity index (χ0v) is 13.9. The number of para-hydroxylation sites is 2. The minimum atomic E-state index is -1.07. The molecule has 1 atom stereocenters. The number of halogens is 1. The molecule has 0 aromatic heterocycles. The van der Waals surface area contributed by atoms with Gasteiger partial charge in [0.05, 0.1) is 12.8 Å². The SMILES string of the molecule is COc1ccccc1/C=C/C(=O)O[C@H](C)C(=O)Nc1ccccc1F. The number of anilines is 1. The molecule has 0 bridgehead atoms. The van der Waals surface area contributed by atoms with Crippen molar-refractivity contribution in [2.75, 3.05) is 12.4 Å². The van der Waals surface area contributed by atoms with E-state index in [4.69, 9.17) is 9.47 Å². The molecule has 1 amide bonds. The maximum Gasteiger partial charge on any atom is 0.331 e. The van der Waals surface area contributed by atoms with Crippen molar-refractivity contribution in [3.63, 3.8) is 0 Å². The third-order valence-corrected chi connectivity index (χ3v) is 3.33. The lowest BCUT2D eigenvalue weighted by Gasteiger charge is -2.12. The predicted molar refractivity (Wildman–Crippen MR) is 92.6 cm³/mol. The average Bonchev–Trinajstić information content (AvgIpc) is 2.62. The van der Waals surface area contributed by atoms with E-state index in [2.05, 4.69) is 5.32 Å². The highest BCUT2D eigenvalue weighted by Gasteiger charge is 2.17. The van der Waals surface area contributed by atoms with Crippen molar-refractivity contribution in [3.8, 4) is 5.75 Å². The third kappa shape index (κ3) is 5.17. The Morgan fingerprint density at radius 3 is 2.52 bits per heavy atom. The van der Waals surface area contributed by atoms with E-state index in [0.717, 1.165) is 0 Å². The van der Waals surface area contributed by atoms with E-state index in [0.29, 0.717) is 11.3 Å². The minimum Gasteiger partial charge on any atom is -0.496 e. The van der Waals surface area contributed by atoms with Crippen LogP contribution >= 0.6 is 0 Å². The summed E-state index contributed by atoms with van der Waals surface area (Å²) in [6.07, 6.45) is 1.65. The van der Waals surface area contributed by atoms with Gasteiger partial charge < -0.3 is 14.8 Å². The normalized spacial score (nSPS) is 11.8. The molecule has 0 spiro atoms. The molecule has 25 heavy (non-hydrogen) atoms. The van der Waals surface area contributed by atoms with E-state index in [-0.39, 0.29) is 5.69 Å². The molecule has 2 aromatic carbocycles. The molecule has 5 nitrogen and oxygen atoms in total. The van der Waals surface area contributed by atoms with Crippen LogP contribution in [0, 0.1) is 5.82 Å². The molecule has 0 unspecified atom stereocenters. The van der Waals surface area contributed by atoms with E-state index in [1.165, 1.54) is 44.4 Å². The number of esters is 1. The van der Waals surface area contributed by atoms with Crippen LogP contribution in [-0.4, -0.2) is 25.1 Å². The van der Waals surface area contributed by atoms with Crippen molar-refractivity contribution >= 4 is 23.6 Å². The fourth-order valence-electron chi connectivity index (χ4n) is 2.03. The number of amides is 1. The molecular formula is C19H18FNO4. The lowest BCUT2D eigenvalue weighted by molar-refractivity contribution is -0.148. The summed E-state index contributed by atoms with van der Waals surface area (Å²) in [4.78, 5) is 23.8. The largest absolute Gasteiger partial charge is 0.496 e. The second-order valence-corrected chi connectivity index (χ2v) is 5.12. The Kier molecular flexibility index (Phi) is 6.28. The Balaban J connectivity index is 1.94. The van der Waals surface area contributed by atoms with E-state index in [1.807, 2.05) is 6.07 Å². The number of hydrogen-bond donors (Lipinski definition) is 1. The monoisotopic (exact) mass is 343 g/mol. The Bertz CT molecular complexity index is 788. The van der Waals surface area contributed by atoms with Crippen LogP contribution in [0.25, 0.3) is 6.08 Å².